The number of ether oxygens (including phenoxy) is 1. The number of hydrogen-bond donors (Lipinski definition) is 1. The molecule has 18 heavy (non-hydrogen) atoms. The van der Waals surface area contributed by atoms with Crippen LogP contribution >= 0.6 is 0 Å². The highest BCUT2D eigenvalue weighted by Gasteiger charge is 2.29. The molecule has 0 aromatic rings. The standard InChI is InChI=1S/C9H17F3N2O3S/c1-18(15,16)14-5-2-8(3-6-14)13-4-7-17-9(10,11)12/h8,13H,2-7H2,1H3. The molecule has 1 fully saturated rings. The SMILES string of the molecule is CS(=O)(=O)N1CCC(NCCOC(F)(F)F)CC1. The first-order chi connectivity index (χ1) is 8.18. The van der Waals surface area contributed by atoms with Gasteiger partial charge in [-0.25, -0.2) is 12.7 Å². The average Bonchev–Trinajstić information content (AvgIpc) is 2.22. The smallest absolute Gasteiger partial charge is 0.312 e. The van der Waals surface area contributed by atoms with E-state index in [1.165, 1.54) is 4.31 Å². The molecule has 0 aromatic heterocycles. The quantitative estimate of drug-likeness (QED) is 0.751. The van der Waals surface area contributed by atoms with Gasteiger partial charge in [0.2, 0.25) is 10.0 Å². The molecule has 1 saturated heterocycles. The summed E-state index contributed by atoms with van der Waals surface area (Å²) in [5.41, 5.74) is 0. The van der Waals surface area contributed by atoms with E-state index in [0.29, 0.717) is 25.9 Å². The molecule has 0 bridgehead atoms. The fourth-order valence-electron chi connectivity index (χ4n) is 1.82. The molecule has 0 radical (unpaired) electrons. The van der Waals surface area contributed by atoms with Crippen LogP contribution in [0.1, 0.15) is 12.8 Å². The van der Waals surface area contributed by atoms with Gasteiger partial charge in [-0.15, -0.1) is 13.2 Å². The van der Waals surface area contributed by atoms with Crippen LogP contribution in [0.15, 0.2) is 0 Å². The van der Waals surface area contributed by atoms with Crippen LogP contribution in [0.25, 0.3) is 0 Å². The van der Waals surface area contributed by atoms with Crippen molar-refractivity contribution < 1.29 is 26.3 Å². The number of sulfonamides is 1. The Bertz CT molecular complexity index is 351. The molecular formula is C9H17F3N2O3S. The normalized spacial score (nSPS) is 20.2. The first kappa shape index (κ1) is 15.7. The third kappa shape index (κ3) is 5.98. The fraction of sp³-hybridized carbons (Fsp3) is 1.00. The van der Waals surface area contributed by atoms with Gasteiger partial charge in [-0.1, -0.05) is 0 Å². The zero-order valence-corrected chi connectivity index (χ0v) is 10.9. The first-order valence-corrected chi connectivity index (χ1v) is 7.42. The molecule has 108 valence electrons. The summed E-state index contributed by atoms with van der Waals surface area (Å²) >= 11 is 0. The summed E-state index contributed by atoms with van der Waals surface area (Å²) in [5, 5.41) is 2.92. The van der Waals surface area contributed by atoms with Crippen molar-refractivity contribution in [2.75, 3.05) is 32.5 Å². The lowest BCUT2D eigenvalue weighted by Gasteiger charge is -2.30. The lowest BCUT2D eigenvalue weighted by molar-refractivity contribution is -0.323. The second kappa shape index (κ2) is 6.18. The Hall–Kier alpha value is -0.380. The van der Waals surface area contributed by atoms with Crippen molar-refractivity contribution in [3.8, 4) is 0 Å². The highest BCUT2D eigenvalue weighted by atomic mass is 32.2. The number of halogens is 3. The van der Waals surface area contributed by atoms with Gasteiger partial charge in [-0.2, -0.15) is 0 Å². The molecule has 0 atom stereocenters. The summed E-state index contributed by atoms with van der Waals surface area (Å²) in [6.45, 7) is 0.464. The molecule has 9 heteroatoms. The van der Waals surface area contributed by atoms with Crippen LogP contribution in [0.2, 0.25) is 0 Å². The van der Waals surface area contributed by atoms with E-state index in [1.807, 2.05) is 0 Å². The van der Waals surface area contributed by atoms with Crippen molar-refractivity contribution in [2.45, 2.75) is 25.2 Å². The van der Waals surface area contributed by atoms with Gasteiger partial charge in [0.15, 0.2) is 0 Å². The van der Waals surface area contributed by atoms with Gasteiger partial charge in [0.1, 0.15) is 0 Å². The highest BCUT2D eigenvalue weighted by Crippen LogP contribution is 2.16. The number of alkyl halides is 3. The number of hydrogen-bond acceptors (Lipinski definition) is 4. The average molecular weight is 290 g/mol. The molecule has 1 N–H and O–H groups in total. The summed E-state index contributed by atoms with van der Waals surface area (Å²) in [6.07, 6.45) is -2.25. The third-order valence-electron chi connectivity index (χ3n) is 2.72. The van der Waals surface area contributed by atoms with E-state index in [1.54, 1.807) is 0 Å². The maximum Gasteiger partial charge on any atom is 0.522 e. The Labute approximate surface area is 104 Å². The summed E-state index contributed by atoms with van der Waals surface area (Å²) < 4.78 is 62.5. The van der Waals surface area contributed by atoms with Crippen LogP contribution in [0.4, 0.5) is 13.2 Å². The van der Waals surface area contributed by atoms with Gasteiger partial charge in [0.25, 0.3) is 0 Å². The maximum absolute atomic E-state index is 11.7. The van der Waals surface area contributed by atoms with Gasteiger partial charge in [0.05, 0.1) is 12.9 Å². The summed E-state index contributed by atoms with van der Waals surface area (Å²) in [5.74, 6) is 0. The highest BCUT2D eigenvalue weighted by molar-refractivity contribution is 7.88. The third-order valence-corrected chi connectivity index (χ3v) is 4.03. The number of piperidine rings is 1. The van der Waals surface area contributed by atoms with Crippen molar-refractivity contribution in [2.24, 2.45) is 0 Å². The zero-order valence-electron chi connectivity index (χ0n) is 10.0. The molecule has 5 nitrogen and oxygen atoms in total. The molecule has 1 aliphatic rings. The van der Waals surface area contributed by atoms with E-state index >= 15 is 0 Å². The Balaban J connectivity index is 2.17. The molecular weight excluding hydrogens is 273 g/mol. The van der Waals surface area contributed by atoms with Crippen molar-refractivity contribution in [1.29, 1.82) is 0 Å². The molecule has 0 aliphatic carbocycles. The Morgan fingerprint density at radius 1 is 1.33 bits per heavy atom. The second-order valence-corrected chi connectivity index (χ2v) is 6.17. The molecule has 0 amide bonds. The molecule has 0 unspecified atom stereocenters. The number of nitrogens with zero attached hydrogens (tertiary/aromatic N) is 1. The van der Waals surface area contributed by atoms with Gasteiger partial charge in [-0.05, 0) is 12.8 Å². The van der Waals surface area contributed by atoms with E-state index in [0.717, 1.165) is 6.26 Å². The predicted molar refractivity (Wildman–Crippen MR) is 59.4 cm³/mol. The topological polar surface area (TPSA) is 58.6 Å². The minimum Gasteiger partial charge on any atom is -0.312 e. The van der Waals surface area contributed by atoms with Crippen molar-refractivity contribution in [1.82, 2.24) is 9.62 Å². The van der Waals surface area contributed by atoms with Crippen LogP contribution in [0.3, 0.4) is 0 Å². The lowest BCUT2D eigenvalue weighted by atomic mass is 10.1. The minimum atomic E-state index is -4.60. The molecule has 0 saturated carbocycles. The van der Waals surface area contributed by atoms with Crippen LogP contribution in [0, 0.1) is 0 Å². The fourth-order valence-corrected chi connectivity index (χ4v) is 2.70. The molecule has 1 rings (SSSR count). The van der Waals surface area contributed by atoms with Crippen LogP contribution < -0.4 is 5.32 Å². The zero-order chi connectivity index (χ0) is 13.8. The second-order valence-electron chi connectivity index (χ2n) is 4.18. The van der Waals surface area contributed by atoms with Crippen molar-refractivity contribution in [3.05, 3.63) is 0 Å². The summed E-state index contributed by atoms with van der Waals surface area (Å²) in [7, 11) is -3.16. The monoisotopic (exact) mass is 290 g/mol. The number of nitrogens with one attached hydrogen (secondary N) is 1. The van der Waals surface area contributed by atoms with Gasteiger partial charge in [-0.3, -0.25) is 4.74 Å². The van der Waals surface area contributed by atoms with Crippen LogP contribution in [0.5, 0.6) is 0 Å². The minimum absolute atomic E-state index is 0.0415. The molecule has 0 spiro atoms. The van der Waals surface area contributed by atoms with Crippen LogP contribution in [-0.4, -0.2) is 57.6 Å². The predicted octanol–water partition coefficient (Wildman–Crippen LogP) is 0.536. The molecule has 1 aliphatic heterocycles. The van der Waals surface area contributed by atoms with Crippen LogP contribution in [-0.2, 0) is 14.8 Å². The van der Waals surface area contributed by atoms with E-state index in [9.17, 15) is 21.6 Å². The van der Waals surface area contributed by atoms with Gasteiger partial charge < -0.3 is 5.32 Å². The van der Waals surface area contributed by atoms with Gasteiger partial charge >= 0.3 is 6.36 Å². The van der Waals surface area contributed by atoms with E-state index in [2.05, 4.69) is 10.1 Å². The summed E-state index contributed by atoms with van der Waals surface area (Å²) in [6, 6.07) is 0.0415. The Morgan fingerprint density at radius 3 is 2.33 bits per heavy atom. The largest absolute Gasteiger partial charge is 0.522 e. The van der Waals surface area contributed by atoms with Crippen molar-refractivity contribution in [3.63, 3.8) is 0 Å². The Kier molecular flexibility index (Phi) is 5.38. The lowest BCUT2D eigenvalue weighted by Crippen LogP contribution is -2.45. The maximum atomic E-state index is 11.7. The van der Waals surface area contributed by atoms with E-state index in [4.69, 9.17) is 0 Å². The first-order valence-electron chi connectivity index (χ1n) is 5.58. The summed E-state index contributed by atoms with van der Waals surface area (Å²) in [4.78, 5) is 0. The molecule has 1 heterocycles. The van der Waals surface area contributed by atoms with E-state index < -0.39 is 23.0 Å². The van der Waals surface area contributed by atoms with Gasteiger partial charge in [0, 0.05) is 25.7 Å². The van der Waals surface area contributed by atoms with E-state index in [-0.39, 0.29) is 12.6 Å². The number of rotatable bonds is 5. The Morgan fingerprint density at radius 2 is 1.89 bits per heavy atom. The molecule has 0 aromatic carbocycles. The van der Waals surface area contributed by atoms with Crippen molar-refractivity contribution >= 4 is 10.0 Å².